The molecule has 0 saturated carbocycles. The molecule has 33 heavy (non-hydrogen) atoms. The molecule has 4 aromatic rings. The van der Waals surface area contributed by atoms with Gasteiger partial charge in [-0.2, -0.15) is 0 Å². The first kappa shape index (κ1) is 23.0. The summed E-state index contributed by atoms with van der Waals surface area (Å²) in [6.45, 7) is 4.53. The monoisotopic (exact) mass is 461 g/mol. The molecule has 0 saturated heterocycles. The molecule has 5 heteroatoms. The molecule has 0 unspecified atom stereocenters. The van der Waals surface area contributed by atoms with Crippen LogP contribution in [0.25, 0.3) is 16.5 Å². The zero-order chi connectivity index (χ0) is 23.0. The Labute approximate surface area is 199 Å². The summed E-state index contributed by atoms with van der Waals surface area (Å²) in [7, 11) is 0. The summed E-state index contributed by atoms with van der Waals surface area (Å²) in [5, 5.41) is 14.3. The fourth-order valence-corrected chi connectivity index (χ4v) is 3.92. The van der Waals surface area contributed by atoms with Crippen LogP contribution in [0.4, 0.5) is 0 Å². The van der Waals surface area contributed by atoms with Crippen LogP contribution in [-0.2, 0) is 12.8 Å². The molecule has 2 N–H and O–H groups in total. The number of phenolic OH excluding ortho intramolecular Hbond substituents is 1. The van der Waals surface area contributed by atoms with Gasteiger partial charge in [0.05, 0.1) is 0 Å². The van der Waals surface area contributed by atoms with Gasteiger partial charge >= 0.3 is 0 Å². The minimum absolute atomic E-state index is 0.270. The molecule has 1 aromatic heterocycles. The fraction of sp³-hybridized carbons (Fsp3) is 0.214. The second-order valence-electron chi connectivity index (χ2n) is 7.93. The maximum atomic E-state index is 9.63. The van der Waals surface area contributed by atoms with Crippen LogP contribution >= 0.6 is 11.6 Å². The summed E-state index contributed by atoms with van der Waals surface area (Å²) in [5.41, 5.74) is 5.44. The molecule has 0 fully saturated rings. The van der Waals surface area contributed by atoms with Crippen molar-refractivity contribution in [1.29, 1.82) is 0 Å². The van der Waals surface area contributed by atoms with Crippen molar-refractivity contribution in [3.63, 3.8) is 0 Å². The molecule has 0 aliphatic heterocycles. The number of benzene rings is 3. The predicted molar refractivity (Wildman–Crippen MR) is 135 cm³/mol. The molecule has 0 atom stereocenters. The number of furan rings is 1. The lowest BCUT2D eigenvalue weighted by Crippen LogP contribution is -2.20. The topological polar surface area (TPSA) is 54.6 Å². The van der Waals surface area contributed by atoms with Crippen molar-refractivity contribution in [3.8, 4) is 11.5 Å². The molecule has 170 valence electrons. The molecular formula is C28H28ClNO3. The molecule has 0 spiro atoms. The molecule has 4 rings (SSSR count). The average molecular weight is 462 g/mol. The predicted octanol–water partition coefficient (Wildman–Crippen LogP) is 6.65. The summed E-state index contributed by atoms with van der Waals surface area (Å²) in [5.74, 6) is 1.15. The van der Waals surface area contributed by atoms with Gasteiger partial charge in [0.25, 0.3) is 0 Å². The Bertz CT molecular complexity index is 1210. The van der Waals surface area contributed by atoms with Crippen LogP contribution in [0.1, 0.15) is 23.6 Å². The first-order chi connectivity index (χ1) is 16.1. The van der Waals surface area contributed by atoms with E-state index in [0.29, 0.717) is 11.8 Å². The number of hydrogen-bond acceptors (Lipinski definition) is 4. The molecule has 1 heterocycles. The Kier molecular flexibility index (Phi) is 7.71. The Morgan fingerprint density at radius 3 is 2.52 bits per heavy atom. The van der Waals surface area contributed by atoms with Gasteiger partial charge in [-0.05, 0) is 89.6 Å². The highest BCUT2D eigenvalue weighted by atomic mass is 35.5. The maximum Gasteiger partial charge on any atom is 0.194 e. The number of hydrogen-bond donors (Lipinski definition) is 2. The van der Waals surface area contributed by atoms with E-state index in [4.69, 9.17) is 20.8 Å². The molecule has 3 aromatic carbocycles. The Balaban J connectivity index is 1.53. The minimum Gasteiger partial charge on any atom is -0.508 e. The number of halogens is 1. The van der Waals surface area contributed by atoms with Gasteiger partial charge in [-0.1, -0.05) is 43.3 Å². The van der Waals surface area contributed by atoms with Crippen molar-refractivity contribution in [3.05, 3.63) is 101 Å². The largest absolute Gasteiger partial charge is 0.508 e. The summed E-state index contributed by atoms with van der Waals surface area (Å²) in [6, 6.07) is 23.6. The minimum atomic E-state index is 0.270. The summed E-state index contributed by atoms with van der Waals surface area (Å²) in [6.07, 6.45) is 3.81. The zero-order valence-corrected chi connectivity index (χ0v) is 19.4. The Morgan fingerprint density at radius 2 is 1.76 bits per heavy atom. The van der Waals surface area contributed by atoms with Gasteiger partial charge in [-0.3, -0.25) is 0 Å². The van der Waals surface area contributed by atoms with Crippen LogP contribution in [-0.4, -0.2) is 24.8 Å². The molecule has 4 nitrogen and oxygen atoms in total. The van der Waals surface area contributed by atoms with E-state index in [1.54, 1.807) is 12.1 Å². The van der Waals surface area contributed by atoms with Gasteiger partial charge in [-0.25, -0.2) is 0 Å². The lowest BCUT2D eigenvalue weighted by atomic mass is 9.95. The number of nitrogens with one attached hydrogen (secondary N) is 1. The number of likely N-dealkylation sites (N-methyl/N-ethyl adjacent to an activating group) is 1. The summed E-state index contributed by atoms with van der Waals surface area (Å²) >= 11 is 6.04. The lowest BCUT2D eigenvalue weighted by molar-refractivity contribution is 0.315. The highest BCUT2D eigenvalue weighted by Gasteiger charge is 2.08. The molecule has 0 radical (unpaired) electrons. The summed E-state index contributed by atoms with van der Waals surface area (Å²) < 4.78 is 11.3. The van der Waals surface area contributed by atoms with Crippen LogP contribution in [0.3, 0.4) is 0 Å². The third-order valence-corrected chi connectivity index (χ3v) is 5.68. The standard InChI is InChI=1S/C28H28ClNO3/c1-2-30-15-16-32-26-12-6-20(7-13-26)3-8-22(17-21-4-10-25(31)11-5-21)23-9-14-27-24(18-23)19-28(29)33-27/h4-14,18-19,30-31H,2-3,15-17H2,1H3. The highest BCUT2D eigenvalue weighted by Crippen LogP contribution is 2.29. The lowest BCUT2D eigenvalue weighted by Gasteiger charge is -2.10. The van der Waals surface area contributed by atoms with E-state index in [1.807, 2.05) is 36.4 Å². The Hall–Kier alpha value is -3.21. The van der Waals surface area contributed by atoms with Gasteiger partial charge in [0.1, 0.15) is 23.7 Å². The number of ether oxygens (including phenoxy) is 1. The molecule has 0 aliphatic rings. The van der Waals surface area contributed by atoms with Crippen molar-refractivity contribution < 1.29 is 14.3 Å². The second-order valence-corrected chi connectivity index (χ2v) is 8.30. The number of rotatable bonds is 10. The van der Waals surface area contributed by atoms with Crippen molar-refractivity contribution in [2.24, 2.45) is 0 Å². The van der Waals surface area contributed by atoms with Crippen LogP contribution < -0.4 is 10.1 Å². The molecular weight excluding hydrogens is 434 g/mol. The van der Waals surface area contributed by atoms with Gasteiger partial charge in [-0.15, -0.1) is 0 Å². The van der Waals surface area contributed by atoms with E-state index in [9.17, 15) is 5.11 Å². The third-order valence-electron chi connectivity index (χ3n) is 5.49. The van der Waals surface area contributed by atoms with Gasteiger partial charge in [0, 0.05) is 18.0 Å². The quantitative estimate of drug-likeness (QED) is 0.259. The molecule has 0 aliphatic carbocycles. The number of aromatic hydroxyl groups is 1. The van der Waals surface area contributed by atoms with E-state index < -0.39 is 0 Å². The van der Waals surface area contributed by atoms with Crippen molar-refractivity contribution in [1.82, 2.24) is 5.32 Å². The average Bonchev–Trinajstić information content (AvgIpc) is 3.21. The first-order valence-corrected chi connectivity index (χ1v) is 11.6. The first-order valence-electron chi connectivity index (χ1n) is 11.2. The van der Waals surface area contributed by atoms with E-state index in [2.05, 4.69) is 42.6 Å². The maximum absolute atomic E-state index is 9.63. The second kappa shape index (κ2) is 11.1. The van der Waals surface area contributed by atoms with Crippen LogP contribution in [0, 0.1) is 0 Å². The number of fused-ring (bicyclic) bond motifs is 1. The fourth-order valence-electron chi connectivity index (χ4n) is 3.72. The normalized spacial score (nSPS) is 11.8. The zero-order valence-electron chi connectivity index (χ0n) is 18.7. The molecule has 0 amide bonds. The van der Waals surface area contributed by atoms with E-state index >= 15 is 0 Å². The third kappa shape index (κ3) is 6.41. The van der Waals surface area contributed by atoms with Crippen LogP contribution in [0.2, 0.25) is 5.22 Å². The highest BCUT2D eigenvalue weighted by molar-refractivity contribution is 6.29. The van der Waals surface area contributed by atoms with E-state index in [-0.39, 0.29) is 5.75 Å². The van der Waals surface area contributed by atoms with E-state index in [1.165, 1.54) is 11.1 Å². The van der Waals surface area contributed by atoms with E-state index in [0.717, 1.165) is 53.8 Å². The summed E-state index contributed by atoms with van der Waals surface area (Å²) in [4.78, 5) is 0. The van der Waals surface area contributed by atoms with Crippen LogP contribution in [0.15, 0.2) is 83.3 Å². The van der Waals surface area contributed by atoms with Crippen LogP contribution in [0.5, 0.6) is 11.5 Å². The van der Waals surface area contributed by atoms with Gasteiger partial charge < -0.3 is 19.6 Å². The molecule has 0 bridgehead atoms. The van der Waals surface area contributed by atoms with Crippen molar-refractivity contribution >= 4 is 28.1 Å². The van der Waals surface area contributed by atoms with Crippen molar-refractivity contribution in [2.45, 2.75) is 19.8 Å². The van der Waals surface area contributed by atoms with Crippen molar-refractivity contribution in [2.75, 3.05) is 19.7 Å². The van der Waals surface area contributed by atoms with Gasteiger partial charge in [0.2, 0.25) is 0 Å². The Morgan fingerprint density at radius 1 is 1.00 bits per heavy atom. The van der Waals surface area contributed by atoms with Gasteiger partial charge in [0.15, 0.2) is 5.22 Å². The number of phenols is 1. The smallest absolute Gasteiger partial charge is 0.194 e. The number of allylic oxidation sites excluding steroid dienone is 2. The SMILES string of the molecule is CCNCCOc1ccc(CC=C(Cc2ccc(O)cc2)c2ccc3oc(Cl)cc3c2)cc1.